The number of fused-ring (bicyclic) bond motifs is 8. The average Bonchev–Trinajstić information content (AvgIpc) is 1.76. The number of rotatable bonds is 17. The molecule has 9 aromatic carbocycles. The number of aromatic nitrogens is 14. The molecule has 0 unspecified atom stereocenters. The van der Waals surface area contributed by atoms with Crippen LogP contribution in [0.25, 0.3) is 132 Å². The Labute approximate surface area is 739 Å². The van der Waals surface area contributed by atoms with E-state index in [2.05, 4.69) is 143 Å². The van der Waals surface area contributed by atoms with Gasteiger partial charge in [0.1, 0.15) is 46.6 Å². The Morgan fingerprint density at radius 1 is 0.457 bits per heavy atom. The Morgan fingerprint density at radius 3 is 1.36 bits per heavy atom. The number of H-pyrrole nitrogens is 3. The molecule has 129 heavy (non-hydrogen) atoms. The number of amides is 6. The maximum Gasteiger partial charge on any atom is 0.268 e. The summed E-state index contributed by atoms with van der Waals surface area (Å²) in [4.78, 5) is 120. The zero-order chi connectivity index (χ0) is 89.7. The van der Waals surface area contributed by atoms with Crippen molar-refractivity contribution in [1.29, 1.82) is 5.26 Å². The van der Waals surface area contributed by atoms with E-state index in [1.807, 2.05) is 142 Å². The van der Waals surface area contributed by atoms with Gasteiger partial charge >= 0.3 is 0 Å². The van der Waals surface area contributed by atoms with Gasteiger partial charge in [-0.1, -0.05) is 93.0 Å². The van der Waals surface area contributed by atoms with Crippen LogP contribution in [0.3, 0.4) is 0 Å². The van der Waals surface area contributed by atoms with Crippen molar-refractivity contribution in [3.63, 3.8) is 0 Å². The molecule has 0 aliphatic carbocycles. The van der Waals surface area contributed by atoms with Gasteiger partial charge in [0.05, 0.1) is 87.4 Å². The monoisotopic (exact) mass is 1710 g/mol. The van der Waals surface area contributed by atoms with Gasteiger partial charge in [-0.3, -0.25) is 44.1 Å². The number of likely N-dealkylation sites (N-methyl/N-ethyl adjacent to an activating group) is 1. The summed E-state index contributed by atoms with van der Waals surface area (Å²) in [6, 6.07) is 50.3. The highest BCUT2D eigenvalue weighted by molar-refractivity contribution is 6.08. The minimum Gasteiger partial charge on any atom is -0.508 e. The van der Waals surface area contributed by atoms with Gasteiger partial charge in [0.25, 0.3) is 5.91 Å². The first kappa shape index (κ1) is 83.7. The number of phenolic OH excluding ortho intramolecular Hbond substituents is 1. The maximum absolute atomic E-state index is 12.9. The minimum atomic E-state index is -0.609. The van der Waals surface area contributed by atoms with Crippen LogP contribution in [0.2, 0.25) is 0 Å². The molecule has 0 bridgehead atoms. The second-order valence-corrected chi connectivity index (χ2v) is 33.3. The molecule has 5 aliphatic heterocycles. The number of carbonyl (C=O) groups excluding carboxylic acids is 6. The van der Waals surface area contributed by atoms with E-state index in [0.717, 1.165) is 156 Å². The van der Waals surface area contributed by atoms with Gasteiger partial charge in [0.15, 0.2) is 5.69 Å². The second kappa shape index (κ2) is 34.8. The van der Waals surface area contributed by atoms with Crippen molar-refractivity contribution in [3.05, 3.63) is 272 Å². The number of nitriles is 1. The van der Waals surface area contributed by atoms with Crippen molar-refractivity contribution >= 4 is 128 Å². The van der Waals surface area contributed by atoms with E-state index in [-0.39, 0.29) is 71.2 Å². The number of nitrogens with one attached hydrogen (secondary N) is 4. The van der Waals surface area contributed by atoms with E-state index in [1.165, 1.54) is 24.3 Å². The van der Waals surface area contributed by atoms with Gasteiger partial charge in [-0.2, -0.15) is 20.6 Å². The van der Waals surface area contributed by atoms with Crippen molar-refractivity contribution < 1.29 is 33.9 Å². The SMILES string of the molecule is C=CC(=O)N1CC(c2nc(C#N)c3cc(-c4c(C)ccc5[nH]ncc45)ccc3n2)C1.C=CC(=O)N1CC(c2nc(C(N)=O)c3cc(-c4c(C)ccc5[nH]ncc45)ccc3n2)C1.C=CC(=O)N1CC(c2nc(NCC(=O)N3CC(N(C)C)C3)c3cc(-c4c(C)ccc5[nH]ncc45)ccc3n2)C1.C=CC(=O)N1CC(c2ncc3cc(-c4cc(O)cc5ccccc45)ccc3n2)C1. The number of nitrogens with two attached hydrogens (primary N) is 1. The second-order valence-electron chi connectivity index (χ2n) is 33.3. The molecule has 16 aromatic rings. The van der Waals surface area contributed by atoms with Gasteiger partial charge in [0, 0.05) is 115 Å². The lowest BCUT2D eigenvalue weighted by Gasteiger charge is -2.42. The average molecular weight is 1710 g/mol. The zero-order valence-electron chi connectivity index (χ0n) is 71.5. The maximum atomic E-state index is 12.9. The van der Waals surface area contributed by atoms with E-state index in [1.54, 1.807) is 37.9 Å². The summed E-state index contributed by atoms with van der Waals surface area (Å²) in [7, 11) is 4.07. The van der Waals surface area contributed by atoms with Gasteiger partial charge in [-0.25, -0.2) is 39.9 Å². The number of aromatic hydroxyl groups is 1. The fourth-order valence-electron chi connectivity index (χ4n) is 17.4. The number of likely N-dealkylation sites (tertiary alicyclic amines) is 5. The van der Waals surface area contributed by atoms with Crippen LogP contribution in [-0.2, 0) is 24.0 Å². The first-order valence-electron chi connectivity index (χ1n) is 42.3. The molecule has 7 aromatic heterocycles. The van der Waals surface area contributed by atoms with Crippen molar-refractivity contribution in [2.45, 2.75) is 50.5 Å². The van der Waals surface area contributed by atoms with E-state index in [0.29, 0.717) is 98.3 Å². The molecule has 5 saturated heterocycles. The van der Waals surface area contributed by atoms with E-state index in [9.17, 15) is 39.1 Å². The lowest BCUT2D eigenvalue weighted by Crippen LogP contribution is -2.60. The number of aromatic amines is 3. The first-order valence-corrected chi connectivity index (χ1v) is 42.3. The van der Waals surface area contributed by atoms with Crippen LogP contribution in [0.15, 0.2) is 221 Å². The summed E-state index contributed by atoms with van der Waals surface area (Å²) in [6.07, 6.45) is 12.6. The topological polar surface area (TPSA) is 393 Å². The molecule has 0 saturated carbocycles. The first-order chi connectivity index (χ1) is 62.5. The Balaban J connectivity index is 0.000000117. The predicted octanol–water partition coefficient (Wildman–Crippen LogP) is 13.2. The number of aryl methyl sites for hydroxylation is 3. The Hall–Kier alpha value is -16.2. The number of primary amides is 1. The number of benzene rings is 9. The van der Waals surface area contributed by atoms with Crippen molar-refractivity contribution in [2.24, 2.45) is 5.73 Å². The summed E-state index contributed by atoms with van der Waals surface area (Å²) in [5.74, 6) is 2.71. The minimum absolute atomic E-state index is 0.0343. The van der Waals surface area contributed by atoms with Crippen LogP contribution < -0.4 is 11.1 Å². The highest BCUT2D eigenvalue weighted by Gasteiger charge is 2.38. The van der Waals surface area contributed by atoms with Crippen LogP contribution in [0.5, 0.6) is 5.75 Å². The Kier molecular flexibility index (Phi) is 22.6. The molecule has 0 radical (unpaired) electrons. The number of anilines is 1. The van der Waals surface area contributed by atoms with Crippen molar-refractivity contribution in [3.8, 4) is 56.3 Å². The molecular weight excluding hydrogens is 1620 g/mol. The van der Waals surface area contributed by atoms with Gasteiger partial charge in [-0.05, 0) is 210 Å². The number of hydrogen-bond donors (Lipinski definition) is 6. The third-order valence-electron chi connectivity index (χ3n) is 24.9. The van der Waals surface area contributed by atoms with E-state index in [4.69, 9.17) is 25.7 Å². The highest BCUT2D eigenvalue weighted by Crippen LogP contribution is 2.41. The Bertz CT molecular complexity index is 7360. The molecule has 6 amide bonds. The molecule has 5 fully saturated rings. The normalized spacial score (nSPS) is 14.6. The largest absolute Gasteiger partial charge is 0.508 e. The van der Waals surface area contributed by atoms with E-state index < -0.39 is 5.91 Å². The summed E-state index contributed by atoms with van der Waals surface area (Å²) < 4.78 is 0. The quantitative estimate of drug-likeness (QED) is 0.0461. The Morgan fingerprint density at radius 2 is 0.884 bits per heavy atom. The van der Waals surface area contributed by atoms with Gasteiger partial charge in [0.2, 0.25) is 29.5 Å². The van der Waals surface area contributed by atoms with Crippen LogP contribution in [0.1, 0.15) is 79.8 Å². The van der Waals surface area contributed by atoms with Gasteiger partial charge in [-0.15, -0.1) is 0 Å². The fourth-order valence-corrected chi connectivity index (χ4v) is 17.4. The number of carbonyl (C=O) groups is 6. The van der Waals surface area contributed by atoms with Gasteiger partial charge < -0.3 is 45.6 Å². The number of hydrogen-bond acceptors (Lipinski definition) is 21. The molecule has 30 heteroatoms. The lowest BCUT2D eigenvalue weighted by molar-refractivity contribution is -0.136. The molecule has 30 nitrogen and oxygen atoms in total. The lowest BCUT2D eigenvalue weighted by atomic mass is 9.95. The van der Waals surface area contributed by atoms with Crippen molar-refractivity contribution in [1.82, 2.24) is 99.9 Å². The third-order valence-corrected chi connectivity index (χ3v) is 24.9. The van der Waals surface area contributed by atoms with Crippen LogP contribution in [0.4, 0.5) is 5.82 Å². The predicted molar refractivity (Wildman–Crippen MR) is 496 cm³/mol. The van der Waals surface area contributed by atoms with E-state index >= 15 is 0 Å². The van der Waals surface area contributed by atoms with Crippen LogP contribution >= 0.6 is 0 Å². The fraction of sp³-hybridized carbons (Fsp3) is 0.212. The van der Waals surface area contributed by atoms with Crippen LogP contribution in [-0.4, -0.2) is 233 Å². The summed E-state index contributed by atoms with van der Waals surface area (Å²) in [6.45, 7) is 26.3. The number of nitrogens with zero attached hydrogens (tertiary/aromatic N) is 18. The summed E-state index contributed by atoms with van der Waals surface area (Å²) in [5, 5.41) is 53.1. The standard InChI is InChI=1S/C29H32N8O2.C24H19N3O2.C23H20N6O2.C23H18N6O/c1-5-25(38)36-13-19(14-36)28-32-23-9-7-18(27-17(2)6-8-24-22(27)11-31-34-24)10-21(23)29(33-28)30-12-26(39)37-15-20(16-37)35(3)4;1-2-23(29)27-13-18(14-27)24-25-12-17-9-16(7-8-22(17)26-24)21-11-19(28)10-15-5-3-4-6-20(15)21;1-3-19(30)29-10-14(11-29)23-26-17-7-5-13(8-15(17)21(27-23)22(24)31)20-12(2)4-6-18-16(20)9-25-28-18;1-3-21(30)29-11-15(12-29)23-26-18-7-5-14(8-16(18)20(9-24)27-23)22-13(2)4-6-19-17(22)10-25-28-19/h5-11,19-20H,1,12-16H2,2-4H3,(H,31,34)(H,30,32,33);2-12,18,28H,1,13-14H2;3-9,14H,1,10-11H2,2H3,(H2,24,31)(H,25,28);3-8,10,15H,1,11-12H2,2H3,(H,25,28). The molecule has 642 valence electrons. The zero-order valence-corrected chi connectivity index (χ0v) is 71.5. The van der Waals surface area contributed by atoms with Crippen molar-refractivity contribution in [2.75, 3.05) is 91.4 Å². The summed E-state index contributed by atoms with van der Waals surface area (Å²) >= 11 is 0. The molecule has 0 atom stereocenters. The molecule has 21 rings (SSSR count). The molecule has 12 heterocycles. The molecule has 0 spiro atoms. The molecule has 7 N–H and O–H groups in total. The number of phenols is 1. The van der Waals surface area contributed by atoms with Crippen LogP contribution in [0, 0.1) is 32.1 Å². The molecular formula is C99H89N23O7. The third kappa shape index (κ3) is 16.3. The summed E-state index contributed by atoms with van der Waals surface area (Å²) in [5.41, 5.74) is 23.6. The smallest absolute Gasteiger partial charge is 0.268 e. The highest BCUT2D eigenvalue weighted by atomic mass is 16.3. The molecule has 5 aliphatic rings.